The Morgan fingerprint density at radius 1 is 1.17 bits per heavy atom. The molecule has 0 atom stereocenters. The minimum Gasteiger partial charge on any atom is -0.419 e. The van der Waals surface area contributed by atoms with Gasteiger partial charge in [0, 0.05) is 24.5 Å². The maximum atomic E-state index is 5.73. The summed E-state index contributed by atoms with van der Waals surface area (Å²) in [5, 5.41) is 13.5. The summed E-state index contributed by atoms with van der Waals surface area (Å²) in [6.07, 6.45) is 4.28. The molecule has 0 aliphatic rings. The van der Waals surface area contributed by atoms with Crippen molar-refractivity contribution in [2.24, 2.45) is 0 Å². The molecule has 0 bridgehead atoms. The Morgan fingerprint density at radius 2 is 2.08 bits per heavy atom. The van der Waals surface area contributed by atoms with Crippen LogP contribution in [0.4, 0.5) is 0 Å². The number of pyridine rings is 1. The minimum atomic E-state index is 0.439. The van der Waals surface area contributed by atoms with E-state index in [0.29, 0.717) is 30.4 Å². The third-order valence-electron chi connectivity index (χ3n) is 3.69. The molecule has 0 fully saturated rings. The van der Waals surface area contributed by atoms with Crippen molar-refractivity contribution < 1.29 is 4.42 Å². The Balaban J connectivity index is 1.54. The molecular weight excluding hydrogens is 370 g/mol. The zero-order chi connectivity index (χ0) is 16.5. The standard InChI is InChI=1S/C17H14BrN5O/c1-11-2-4-14-12(8-11)3-5-15(20-14)17-22-21-16(24-17)6-7-23-10-13(18)9-19-23/h2-5,8-10H,6-7H2,1H3. The Labute approximate surface area is 146 Å². The van der Waals surface area contributed by atoms with Crippen molar-refractivity contribution in [2.75, 3.05) is 0 Å². The topological polar surface area (TPSA) is 69.6 Å². The van der Waals surface area contributed by atoms with E-state index in [9.17, 15) is 0 Å². The monoisotopic (exact) mass is 383 g/mol. The van der Waals surface area contributed by atoms with Crippen molar-refractivity contribution in [3.63, 3.8) is 0 Å². The van der Waals surface area contributed by atoms with Crippen LogP contribution in [0.3, 0.4) is 0 Å². The fraction of sp³-hybridized carbons (Fsp3) is 0.176. The van der Waals surface area contributed by atoms with Crippen LogP contribution in [-0.2, 0) is 13.0 Å². The first-order chi connectivity index (χ1) is 11.7. The summed E-state index contributed by atoms with van der Waals surface area (Å²) in [6.45, 7) is 2.74. The molecule has 3 aromatic heterocycles. The lowest BCUT2D eigenvalue weighted by Gasteiger charge is -2.00. The number of fused-ring (bicyclic) bond motifs is 1. The van der Waals surface area contributed by atoms with Crippen molar-refractivity contribution in [1.82, 2.24) is 25.0 Å². The molecule has 0 saturated carbocycles. The summed E-state index contributed by atoms with van der Waals surface area (Å²) in [5.74, 6) is 1.01. The van der Waals surface area contributed by atoms with Gasteiger partial charge in [0.25, 0.3) is 5.89 Å². The van der Waals surface area contributed by atoms with E-state index in [4.69, 9.17) is 4.42 Å². The number of hydrogen-bond donors (Lipinski definition) is 0. The summed E-state index contributed by atoms with van der Waals surface area (Å²) < 4.78 is 8.51. The fourth-order valence-electron chi connectivity index (χ4n) is 2.49. The smallest absolute Gasteiger partial charge is 0.266 e. The van der Waals surface area contributed by atoms with Crippen molar-refractivity contribution in [1.29, 1.82) is 0 Å². The van der Waals surface area contributed by atoms with Crippen LogP contribution in [0.15, 0.2) is 51.6 Å². The molecule has 4 rings (SSSR count). The quantitative estimate of drug-likeness (QED) is 0.535. The molecule has 6 nitrogen and oxygen atoms in total. The summed E-state index contributed by atoms with van der Waals surface area (Å²) in [4.78, 5) is 4.60. The fourth-order valence-corrected chi connectivity index (χ4v) is 2.82. The first kappa shape index (κ1) is 15.0. The van der Waals surface area contributed by atoms with Crippen LogP contribution in [0.2, 0.25) is 0 Å². The number of halogens is 1. The first-order valence-electron chi connectivity index (χ1n) is 7.55. The summed E-state index contributed by atoms with van der Waals surface area (Å²) in [7, 11) is 0. The summed E-state index contributed by atoms with van der Waals surface area (Å²) in [5.41, 5.74) is 2.81. The first-order valence-corrected chi connectivity index (χ1v) is 8.35. The lowest BCUT2D eigenvalue weighted by molar-refractivity contribution is 0.474. The maximum Gasteiger partial charge on any atom is 0.266 e. The van der Waals surface area contributed by atoms with Gasteiger partial charge in [-0.15, -0.1) is 10.2 Å². The zero-order valence-corrected chi connectivity index (χ0v) is 14.6. The largest absolute Gasteiger partial charge is 0.419 e. The Hall–Kier alpha value is -2.54. The number of nitrogens with zero attached hydrogens (tertiary/aromatic N) is 5. The van der Waals surface area contributed by atoms with Gasteiger partial charge in [-0.2, -0.15) is 5.10 Å². The van der Waals surface area contributed by atoms with Gasteiger partial charge in [-0.25, -0.2) is 4.98 Å². The molecule has 24 heavy (non-hydrogen) atoms. The summed E-state index contributed by atoms with van der Waals surface area (Å²) >= 11 is 3.37. The van der Waals surface area contributed by atoms with Crippen LogP contribution in [0, 0.1) is 6.92 Å². The van der Waals surface area contributed by atoms with Crippen molar-refractivity contribution in [3.8, 4) is 11.6 Å². The normalized spacial score (nSPS) is 11.2. The highest BCUT2D eigenvalue weighted by Crippen LogP contribution is 2.21. The molecule has 0 N–H and O–H groups in total. The molecule has 7 heteroatoms. The third-order valence-corrected chi connectivity index (χ3v) is 4.10. The molecule has 0 spiro atoms. The molecular formula is C17H14BrN5O. The number of hydrogen-bond acceptors (Lipinski definition) is 5. The predicted molar refractivity (Wildman–Crippen MR) is 93.4 cm³/mol. The van der Waals surface area contributed by atoms with E-state index in [-0.39, 0.29) is 0 Å². The van der Waals surface area contributed by atoms with Gasteiger partial charge in [-0.05, 0) is 41.1 Å². The second kappa shape index (κ2) is 6.16. The van der Waals surface area contributed by atoms with E-state index in [1.54, 1.807) is 6.20 Å². The molecule has 0 amide bonds. The summed E-state index contributed by atoms with van der Waals surface area (Å²) in [6, 6.07) is 10.1. The van der Waals surface area contributed by atoms with Crippen LogP contribution in [0.1, 0.15) is 11.5 Å². The number of benzene rings is 1. The molecule has 1 aromatic carbocycles. The van der Waals surface area contributed by atoms with Gasteiger partial charge in [0.2, 0.25) is 5.89 Å². The third kappa shape index (κ3) is 3.07. The van der Waals surface area contributed by atoms with E-state index in [1.807, 2.05) is 35.1 Å². The van der Waals surface area contributed by atoms with E-state index in [1.165, 1.54) is 5.56 Å². The van der Waals surface area contributed by atoms with Crippen LogP contribution in [-0.4, -0.2) is 25.0 Å². The van der Waals surface area contributed by atoms with E-state index < -0.39 is 0 Å². The Bertz CT molecular complexity index is 1010. The zero-order valence-electron chi connectivity index (χ0n) is 13.0. The highest BCUT2D eigenvalue weighted by atomic mass is 79.9. The molecule has 4 aromatic rings. The second-order valence-electron chi connectivity index (χ2n) is 5.57. The van der Waals surface area contributed by atoms with E-state index in [2.05, 4.69) is 49.2 Å². The van der Waals surface area contributed by atoms with Gasteiger partial charge in [0.1, 0.15) is 5.69 Å². The van der Waals surface area contributed by atoms with Crippen molar-refractivity contribution in [2.45, 2.75) is 19.9 Å². The highest BCUT2D eigenvalue weighted by Gasteiger charge is 2.11. The van der Waals surface area contributed by atoms with Gasteiger partial charge in [0.15, 0.2) is 0 Å². The van der Waals surface area contributed by atoms with Crippen LogP contribution in [0.25, 0.3) is 22.5 Å². The Kier molecular flexibility index (Phi) is 3.86. The molecule has 0 aliphatic carbocycles. The Morgan fingerprint density at radius 3 is 2.92 bits per heavy atom. The van der Waals surface area contributed by atoms with Gasteiger partial charge < -0.3 is 4.42 Å². The lowest BCUT2D eigenvalue weighted by atomic mass is 10.1. The maximum absolute atomic E-state index is 5.73. The molecule has 0 unspecified atom stereocenters. The van der Waals surface area contributed by atoms with E-state index in [0.717, 1.165) is 15.4 Å². The van der Waals surface area contributed by atoms with Gasteiger partial charge in [-0.1, -0.05) is 17.7 Å². The number of aromatic nitrogens is 5. The minimum absolute atomic E-state index is 0.439. The molecule has 120 valence electrons. The van der Waals surface area contributed by atoms with Crippen LogP contribution < -0.4 is 0 Å². The van der Waals surface area contributed by atoms with Crippen molar-refractivity contribution in [3.05, 3.63) is 58.7 Å². The highest BCUT2D eigenvalue weighted by molar-refractivity contribution is 9.10. The predicted octanol–water partition coefficient (Wildman–Crippen LogP) is 3.79. The second-order valence-corrected chi connectivity index (χ2v) is 6.48. The van der Waals surface area contributed by atoms with Crippen LogP contribution >= 0.6 is 15.9 Å². The van der Waals surface area contributed by atoms with E-state index >= 15 is 0 Å². The van der Waals surface area contributed by atoms with Crippen molar-refractivity contribution >= 4 is 26.8 Å². The van der Waals surface area contributed by atoms with Gasteiger partial charge in [-0.3, -0.25) is 4.68 Å². The SMILES string of the molecule is Cc1ccc2nc(-c3nnc(CCn4cc(Br)cn4)o3)ccc2c1. The lowest BCUT2D eigenvalue weighted by Crippen LogP contribution is -2.01. The molecule has 3 heterocycles. The average Bonchev–Trinajstić information content (AvgIpc) is 3.21. The van der Waals surface area contributed by atoms with Gasteiger partial charge in [0.05, 0.1) is 16.2 Å². The number of rotatable bonds is 4. The molecule has 0 saturated heterocycles. The average molecular weight is 384 g/mol. The molecule has 0 radical (unpaired) electrons. The van der Waals surface area contributed by atoms with Gasteiger partial charge >= 0.3 is 0 Å². The molecule has 0 aliphatic heterocycles. The number of aryl methyl sites for hydroxylation is 3. The van der Waals surface area contributed by atoms with Crippen LogP contribution in [0.5, 0.6) is 0 Å².